The molecule has 0 aliphatic rings. The average Bonchev–Trinajstić information content (AvgIpc) is 2.75. The van der Waals surface area contributed by atoms with Gasteiger partial charge in [-0.1, -0.05) is 11.3 Å². The summed E-state index contributed by atoms with van der Waals surface area (Å²) in [5.74, 6) is -0.627. The van der Waals surface area contributed by atoms with Gasteiger partial charge in [0.05, 0.1) is 0 Å². The third-order valence-corrected chi connectivity index (χ3v) is 2.22. The van der Waals surface area contributed by atoms with E-state index >= 15 is 0 Å². The summed E-state index contributed by atoms with van der Waals surface area (Å²) in [4.78, 5) is 24.3. The van der Waals surface area contributed by atoms with Crippen LogP contribution in [-0.2, 0) is 0 Å². The van der Waals surface area contributed by atoms with Crippen LogP contribution in [0.3, 0.4) is 0 Å². The van der Waals surface area contributed by atoms with E-state index in [-0.39, 0.29) is 5.82 Å². The molecule has 2 aromatic rings. The number of nitrogens with zero attached hydrogens (tertiary/aromatic N) is 3. The van der Waals surface area contributed by atoms with Gasteiger partial charge in [0.1, 0.15) is 5.01 Å². The summed E-state index contributed by atoms with van der Waals surface area (Å²) < 4.78 is 0. The fraction of sp³-hybridized carbons (Fsp3) is 0.167. The maximum absolute atomic E-state index is 11.4. The lowest BCUT2D eigenvalue weighted by Crippen LogP contribution is -2.14. The third kappa shape index (κ3) is 2.07. The molecule has 0 spiro atoms. The Bertz CT molecular complexity index is 540. The molecule has 0 saturated carbocycles. The lowest BCUT2D eigenvalue weighted by molar-refractivity contribution is 0.101. The van der Waals surface area contributed by atoms with Gasteiger partial charge >= 0.3 is 5.69 Å². The zero-order valence-corrected chi connectivity index (χ0v) is 8.38. The number of carbonyl (C=O) groups excluding carboxylic acids is 1. The van der Waals surface area contributed by atoms with E-state index in [0.717, 1.165) is 5.01 Å². The fourth-order valence-electron chi connectivity index (χ4n) is 0.881. The lowest BCUT2D eigenvalue weighted by atomic mass is 10.6. The Balaban J connectivity index is 2.13. The molecule has 0 atom stereocenters. The monoisotopic (exact) mass is 226 g/mol. The summed E-state index contributed by atoms with van der Waals surface area (Å²) in [6.07, 6.45) is 0. The van der Waals surface area contributed by atoms with Crippen LogP contribution in [0.5, 0.6) is 0 Å². The molecule has 0 saturated heterocycles. The molecular formula is C6H6N6O2S. The molecule has 0 fully saturated rings. The number of hydrogen-bond donors (Lipinski definition) is 3. The molecule has 0 aliphatic heterocycles. The zero-order chi connectivity index (χ0) is 10.8. The quantitative estimate of drug-likeness (QED) is 0.638. The van der Waals surface area contributed by atoms with Crippen molar-refractivity contribution in [3.63, 3.8) is 0 Å². The predicted molar refractivity (Wildman–Crippen MR) is 51.8 cm³/mol. The van der Waals surface area contributed by atoms with Crippen molar-refractivity contribution in [1.82, 2.24) is 25.4 Å². The average molecular weight is 226 g/mol. The number of aryl methyl sites for hydroxylation is 1. The van der Waals surface area contributed by atoms with Crippen molar-refractivity contribution in [2.45, 2.75) is 6.92 Å². The van der Waals surface area contributed by atoms with Gasteiger partial charge in [-0.3, -0.25) is 15.1 Å². The Kier molecular flexibility index (Phi) is 2.29. The molecule has 0 aromatic carbocycles. The highest BCUT2D eigenvalue weighted by atomic mass is 32.1. The Morgan fingerprint density at radius 1 is 1.47 bits per heavy atom. The smallest absolute Gasteiger partial charge is 0.294 e. The first-order chi connectivity index (χ1) is 7.15. The van der Waals surface area contributed by atoms with Crippen LogP contribution in [0.2, 0.25) is 0 Å². The van der Waals surface area contributed by atoms with Crippen molar-refractivity contribution in [3.05, 3.63) is 21.3 Å². The van der Waals surface area contributed by atoms with Gasteiger partial charge in [0.2, 0.25) is 11.0 Å². The number of rotatable bonds is 2. The molecular weight excluding hydrogens is 220 g/mol. The highest BCUT2D eigenvalue weighted by Gasteiger charge is 2.12. The van der Waals surface area contributed by atoms with E-state index in [1.807, 2.05) is 0 Å². The summed E-state index contributed by atoms with van der Waals surface area (Å²) in [5, 5.41) is 16.5. The van der Waals surface area contributed by atoms with Crippen LogP contribution in [0.4, 0.5) is 5.13 Å². The van der Waals surface area contributed by atoms with Crippen LogP contribution >= 0.6 is 11.3 Å². The molecule has 0 aliphatic carbocycles. The fourth-order valence-corrected chi connectivity index (χ4v) is 1.47. The van der Waals surface area contributed by atoms with Gasteiger partial charge in [-0.05, 0) is 6.92 Å². The molecule has 9 heteroatoms. The van der Waals surface area contributed by atoms with Crippen LogP contribution in [0, 0.1) is 6.92 Å². The van der Waals surface area contributed by atoms with Gasteiger partial charge < -0.3 is 0 Å². The van der Waals surface area contributed by atoms with E-state index < -0.39 is 11.6 Å². The normalized spacial score (nSPS) is 10.2. The van der Waals surface area contributed by atoms with E-state index in [9.17, 15) is 9.59 Å². The molecule has 2 rings (SSSR count). The second kappa shape index (κ2) is 3.61. The molecule has 0 bridgehead atoms. The highest BCUT2D eigenvalue weighted by Crippen LogP contribution is 2.13. The molecule has 8 nitrogen and oxygen atoms in total. The Morgan fingerprint density at radius 3 is 2.80 bits per heavy atom. The number of amides is 1. The topological polar surface area (TPSA) is 116 Å². The molecule has 3 N–H and O–H groups in total. The predicted octanol–water partition coefficient (Wildman–Crippen LogP) is -0.490. The molecule has 2 heterocycles. The summed E-state index contributed by atoms with van der Waals surface area (Å²) in [7, 11) is 0. The van der Waals surface area contributed by atoms with E-state index in [0.29, 0.717) is 5.13 Å². The maximum atomic E-state index is 11.4. The molecule has 0 radical (unpaired) electrons. The van der Waals surface area contributed by atoms with Gasteiger partial charge in [0.15, 0.2) is 0 Å². The van der Waals surface area contributed by atoms with Crippen LogP contribution < -0.4 is 11.0 Å². The summed E-state index contributed by atoms with van der Waals surface area (Å²) in [5.41, 5.74) is -0.534. The summed E-state index contributed by atoms with van der Waals surface area (Å²) in [6, 6.07) is 0. The second-order valence-electron chi connectivity index (χ2n) is 2.61. The van der Waals surface area contributed by atoms with Crippen molar-refractivity contribution in [3.8, 4) is 0 Å². The lowest BCUT2D eigenvalue weighted by Gasteiger charge is -1.94. The molecule has 2 aromatic heterocycles. The standard InChI is InChI=1S/C6H6N6O2S/c1-2-9-12-6(15-2)8-4(13)3-7-5(14)11-10-3/h1H3,(H,8,12,13)(H2,7,10,11,14). The zero-order valence-electron chi connectivity index (χ0n) is 7.57. The van der Waals surface area contributed by atoms with Crippen LogP contribution in [0.25, 0.3) is 0 Å². The number of anilines is 1. The van der Waals surface area contributed by atoms with E-state index in [2.05, 4.69) is 30.7 Å². The number of carbonyl (C=O) groups is 1. The number of H-pyrrole nitrogens is 2. The Hall–Kier alpha value is -2.03. The minimum Gasteiger partial charge on any atom is -0.294 e. The van der Waals surface area contributed by atoms with Crippen molar-refractivity contribution < 1.29 is 4.79 Å². The van der Waals surface area contributed by atoms with Crippen LogP contribution in [0.1, 0.15) is 15.6 Å². The van der Waals surface area contributed by atoms with E-state index in [1.54, 1.807) is 6.92 Å². The first-order valence-electron chi connectivity index (χ1n) is 3.91. The van der Waals surface area contributed by atoms with Crippen LogP contribution in [-0.4, -0.2) is 31.3 Å². The minimum atomic E-state index is -0.537. The molecule has 78 valence electrons. The second-order valence-corrected chi connectivity index (χ2v) is 3.79. The number of aromatic nitrogens is 5. The Labute approximate surface area is 86.8 Å². The number of hydrogen-bond acceptors (Lipinski definition) is 6. The Morgan fingerprint density at radius 2 is 2.27 bits per heavy atom. The van der Waals surface area contributed by atoms with Gasteiger partial charge in [-0.25, -0.2) is 9.89 Å². The van der Waals surface area contributed by atoms with E-state index in [4.69, 9.17) is 0 Å². The van der Waals surface area contributed by atoms with Crippen molar-refractivity contribution >= 4 is 22.4 Å². The van der Waals surface area contributed by atoms with Gasteiger partial charge in [-0.15, -0.1) is 15.3 Å². The SMILES string of the molecule is Cc1nnc(NC(=O)c2n[nH]c(=O)[nH]2)s1. The third-order valence-electron chi connectivity index (χ3n) is 1.46. The minimum absolute atomic E-state index is 0.0900. The number of aromatic amines is 2. The first-order valence-corrected chi connectivity index (χ1v) is 4.73. The van der Waals surface area contributed by atoms with Crippen molar-refractivity contribution in [2.24, 2.45) is 0 Å². The largest absolute Gasteiger partial charge is 0.341 e. The van der Waals surface area contributed by atoms with Gasteiger partial charge in [0.25, 0.3) is 5.91 Å². The van der Waals surface area contributed by atoms with Crippen molar-refractivity contribution in [2.75, 3.05) is 5.32 Å². The first kappa shape index (κ1) is 9.52. The van der Waals surface area contributed by atoms with E-state index in [1.165, 1.54) is 11.3 Å². The van der Waals surface area contributed by atoms with Gasteiger partial charge in [0, 0.05) is 0 Å². The van der Waals surface area contributed by atoms with Gasteiger partial charge in [-0.2, -0.15) is 0 Å². The molecule has 15 heavy (non-hydrogen) atoms. The molecule has 1 amide bonds. The molecule has 0 unspecified atom stereocenters. The highest BCUT2D eigenvalue weighted by molar-refractivity contribution is 7.15. The number of nitrogens with one attached hydrogen (secondary N) is 3. The summed E-state index contributed by atoms with van der Waals surface area (Å²) >= 11 is 1.23. The summed E-state index contributed by atoms with van der Waals surface area (Å²) in [6.45, 7) is 1.77. The van der Waals surface area contributed by atoms with Crippen LogP contribution in [0.15, 0.2) is 4.79 Å². The van der Waals surface area contributed by atoms with Crippen molar-refractivity contribution in [1.29, 1.82) is 0 Å². The maximum Gasteiger partial charge on any atom is 0.341 e.